The first kappa shape index (κ1) is 11.6. The summed E-state index contributed by atoms with van der Waals surface area (Å²) in [6.45, 7) is 2.10. The number of anilines is 2. The van der Waals surface area contributed by atoms with Crippen molar-refractivity contribution in [3.05, 3.63) is 64.8 Å². The third kappa shape index (κ3) is 1.59. The molecule has 2 aliphatic heterocycles. The number of nitrogens with zero attached hydrogens (tertiary/aromatic N) is 2. The van der Waals surface area contributed by atoms with E-state index >= 15 is 0 Å². The number of hydrogen-bond donors (Lipinski definition) is 2. The first-order chi connectivity index (χ1) is 9.74. The highest BCUT2D eigenvalue weighted by Gasteiger charge is 2.35. The van der Waals surface area contributed by atoms with Gasteiger partial charge in [-0.05, 0) is 30.3 Å². The maximum absolute atomic E-state index is 6.03. The topological polar surface area (TPSA) is 30.5 Å². The first-order valence-electron chi connectivity index (χ1n) is 6.43. The highest BCUT2D eigenvalue weighted by Crippen LogP contribution is 2.41. The summed E-state index contributed by atoms with van der Waals surface area (Å²) in [5, 5.41) is 4.70. The molecule has 5 heteroatoms. The highest BCUT2D eigenvalue weighted by molar-refractivity contribution is 6.31. The number of hydrazine groups is 3. The number of halogens is 1. The zero-order valence-electron chi connectivity index (χ0n) is 10.9. The zero-order valence-corrected chi connectivity index (χ0v) is 11.6. The smallest absolute Gasteiger partial charge is 0.0860 e. The average Bonchev–Trinajstić information content (AvgIpc) is 2.96. The summed E-state index contributed by atoms with van der Waals surface area (Å²) in [5.41, 5.74) is 12.1. The predicted molar refractivity (Wildman–Crippen MR) is 81.6 cm³/mol. The van der Waals surface area contributed by atoms with E-state index in [1.165, 1.54) is 0 Å². The fraction of sp³-hybridized carbons (Fsp3) is 0.0667. The number of rotatable bonds is 1. The molecule has 0 fully saturated rings. The minimum absolute atomic E-state index is 0.725. The summed E-state index contributed by atoms with van der Waals surface area (Å²) in [7, 11) is 0. The van der Waals surface area contributed by atoms with E-state index in [-0.39, 0.29) is 0 Å². The number of hydrogen-bond acceptors (Lipinski definition) is 4. The van der Waals surface area contributed by atoms with Gasteiger partial charge in [-0.1, -0.05) is 41.9 Å². The average molecular weight is 285 g/mol. The second kappa shape index (κ2) is 4.16. The van der Waals surface area contributed by atoms with Gasteiger partial charge in [0.1, 0.15) is 0 Å². The van der Waals surface area contributed by atoms with Crippen molar-refractivity contribution in [1.29, 1.82) is 0 Å². The normalized spacial score (nSPS) is 16.8. The van der Waals surface area contributed by atoms with E-state index in [1.807, 2.05) is 41.6 Å². The van der Waals surface area contributed by atoms with Crippen LogP contribution in [0.4, 0.5) is 11.4 Å². The van der Waals surface area contributed by atoms with E-state index < -0.39 is 0 Å². The molecule has 2 heterocycles. The Morgan fingerprint density at radius 3 is 2.60 bits per heavy atom. The fourth-order valence-corrected chi connectivity index (χ4v) is 2.81. The standard InChI is InChI=1S/C15H13ClN4/c1-10-15(11-5-3-2-4-6-11)18-20-17-13-9-12(16)7-8-14(13)19(10)20/h2-9,17-18H,1H3. The minimum atomic E-state index is 0.725. The molecule has 4 nitrogen and oxygen atoms in total. The van der Waals surface area contributed by atoms with Gasteiger partial charge in [0, 0.05) is 10.6 Å². The van der Waals surface area contributed by atoms with Crippen molar-refractivity contribution < 1.29 is 0 Å². The molecular weight excluding hydrogens is 272 g/mol. The molecule has 20 heavy (non-hydrogen) atoms. The maximum Gasteiger partial charge on any atom is 0.0860 e. The van der Waals surface area contributed by atoms with E-state index in [1.54, 1.807) is 0 Å². The molecule has 2 aromatic rings. The van der Waals surface area contributed by atoms with Gasteiger partial charge in [0.25, 0.3) is 0 Å². The van der Waals surface area contributed by atoms with E-state index in [4.69, 9.17) is 11.6 Å². The Morgan fingerprint density at radius 1 is 1.00 bits per heavy atom. The lowest BCUT2D eigenvalue weighted by Gasteiger charge is -2.20. The van der Waals surface area contributed by atoms with Gasteiger partial charge < -0.3 is 0 Å². The second-order valence-corrected chi connectivity index (χ2v) is 5.27. The second-order valence-electron chi connectivity index (χ2n) is 4.84. The van der Waals surface area contributed by atoms with Crippen LogP contribution in [0.2, 0.25) is 5.02 Å². The molecule has 0 bridgehead atoms. The molecule has 2 N–H and O–H groups in total. The van der Waals surface area contributed by atoms with Crippen molar-refractivity contribution in [2.45, 2.75) is 6.92 Å². The fourth-order valence-electron chi connectivity index (χ4n) is 2.63. The molecule has 2 aromatic carbocycles. The molecule has 0 spiro atoms. The Bertz CT molecular complexity index is 711. The van der Waals surface area contributed by atoms with Crippen LogP contribution < -0.4 is 15.9 Å². The summed E-state index contributed by atoms with van der Waals surface area (Å²) in [6, 6.07) is 16.1. The van der Waals surface area contributed by atoms with Gasteiger partial charge >= 0.3 is 0 Å². The minimum Gasteiger partial charge on any atom is -0.280 e. The number of benzene rings is 2. The lowest BCUT2D eigenvalue weighted by atomic mass is 10.1. The molecule has 0 atom stereocenters. The molecule has 0 aliphatic carbocycles. The third-order valence-corrected chi connectivity index (χ3v) is 3.81. The van der Waals surface area contributed by atoms with Crippen LogP contribution in [0.5, 0.6) is 0 Å². The van der Waals surface area contributed by atoms with E-state index in [9.17, 15) is 0 Å². The van der Waals surface area contributed by atoms with E-state index in [0.29, 0.717) is 0 Å². The lowest BCUT2D eigenvalue weighted by molar-refractivity contribution is 0.314. The van der Waals surface area contributed by atoms with Crippen molar-refractivity contribution >= 4 is 28.7 Å². The molecular formula is C15H13ClN4. The molecule has 0 saturated carbocycles. The Hall–Kier alpha value is -2.17. The van der Waals surface area contributed by atoms with Crippen LogP contribution in [0.1, 0.15) is 12.5 Å². The summed E-state index contributed by atoms with van der Waals surface area (Å²) in [6.07, 6.45) is 0. The summed E-state index contributed by atoms with van der Waals surface area (Å²) in [5.74, 6) is 0. The van der Waals surface area contributed by atoms with Crippen molar-refractivity contribution in [3.8, 4) is 0 Å². The highest BCUT2D eigenvalue weighted by atomic mass is 35.5. The SMILES string of the molecule is CC1=C(c2ccccc2)NN2Nc3cc(Cl)ccc3N12. The van der Waals surface area contributed by atoms with Gasteiger partial charge in [-0.3, -0.25) is 10.9 Å². The quantitative estimate of drug-likeness (QED) is 0.837. The van der Waals surface area contributed by atoms with Crippen LogP contribution in [0.25, 0.3) is 5.70 Å². The van der Waals surface area contributed by atoms with Crippen LogP contribution in [0, 0.1) is 0 Å². The summed E-state index contributed by atoms with van der Waals surface area (Å²) < 4.78 is 0. The van der Waals surface area contributed by atoms with E-state index in [0.717, 1.165) is 33.4 Å². The Morgan fingerprint density at radius 2 is 1.80 bits per heavy atom. The Labute approximate surface area is 122 Å². The van der Waals surface area contributed by atoms with Gasteiger partial charge in [-0.2, -0.15) is 0 Å². The maximum atomic E-state index is 6.03. The zero-order chi connectivity index (χ0) is 13.7. The number of allylic oxidation sites excluding steroid dienone is 1. The van der Waals surface area contributed by atoms with Crippen molar-refractivity contribution in [1.82, 2.24) is 10.7 Å². The van der Waals surface area contributed by atoms with Gasteiger partial charge in [-0.15, -0.1) is 0 Å². The lowest BCUT2D eigenvalue weighted by Crippen LogP contribution is -2.42. The molecule has 4 rings (SSSR count). The molecule has 0 aromatic heterocycles. The molecule has 0 amide bonds. The molecule has 2 aliphatic rings. The van der Waals surface area contributed by atoms with Crippen molar-refractivity contribution in [2.75, 3.05) is 10.4 Å². The third-order valence-electron chi connectivity index (χ3n) is 3.57. The van der Waals surface area contributed by atoms with Gasteiger partial charge in [0.05, 0.1) is 22.8 Å². The summed E-state index contributed by atoms with van der Waals surface area (Å²) >= 11 is 6.03. The van der Waals surface area contributed by atoms with Crippen LogP contribution in [-0.2, 0) is 0 Å². The Kier molecular flexibility index (Phi) is 2.42. The molecule has 100 valence electrons. The molecule has 0 unspecified atom stereocenters. The van der Waals surface area contributed by atoms with Crippen LogP contribution >= 0.6 is 11.6 Å². The van der Waals surface area contributed by atoms with Gasteiger partial charge in [-0.25, -0.2) is 5.01 Å². The molecule has 0 saturated heterocycles. The number of nitrogens with one attached hydrogen (secondary N) is 2. The van der Waals surface area contributed by atoms with Crippen molar-refractivity contribution in [2.24, 2.45) is 0 Å². The predicted octanol–water partition coefficient (Wildman–Crippen LogP) is 3.61. The summed E-state index contributed by atoms with van der Waals surface area (Å²) in [4.78, 5) is 0. The van der Waals surface area contributed by atoms with Gasteiger partial charge in [0.15, 0.2) is 0 Å². The van der Waals surface area contributed by atoms with Crippen LogP contribution in [0.15, 0.2) is 54.2 Å². The largest absolute Gasteiger partial charge is 0.280 e. The first-order valence-corrected chi connectivity index (χ1v) is 6.81. The van der Waals surface area contributed by atoms with E-state index in [2.05, 4.69) is 34.9 Å². The van der Waals surface area contributed by atoms with Gasteiger partial charge in [0.2, 0.25) is 0 Å². The molecule has 0 radical (unpaired) electrons. The number of fused-ring (bicyclic) bond motifs is 3. The monoisotopic (exact) mass is 284 g/mol. The van der Waals surface area contributed by atoms with Crippen molar-refractivity contribution in [3.63, 3.8) is 0 Å². The van der Waals surface area contributed by atoms with Crippen LogP contribution in [-0.4, -0.2) is 5.23 Å². The Balaban J connectivity index is 1.79. The van der Waals surface area contributed by atoms with Crippen LogP contribution in [0.3, 0.4) is 0 Å².